The van der Waals surface area contributed by atoms with Gasteiger partial charge >= 0.3 is 5.97 Å². The smallest absolute Gasteiger partial charge is 0.308 e. The summed E-state index contributed by atoms with van der Waals surface area (Å²) in [6, 6.07) is 10.4. The van der Waals surface area contributed by atoms with Crippen LogP contribution in [0.2, 0.25) is 0 Å². The SMILES string of the molecule is COc1cc(C(c2ccc(O)c(O)c2)C(C)C(C)C)ccc1OC(C)=O. The van der Waals surface area contributed by atoms with Crippen LogP contribution in [0.4, 0.5) is 0 Å². The molecule has 140 valence electrons. The number of benzene rings is 2. The minimum absolute atomic E-state index is 0.0261. The number of phenols is 2. The van der Waals surface area contributed by atoms with Gasteiger partial charge in [-0.3, -0.25) is 4.79 Å². The highest BCUT2D eigenvalue weighted by molar-refractivity contribution is 5.70. The topological polar surface area (TPSA) is 76.0 Å². The van der Waals surface area contributed by atoms with Crippen LogP contribution in [0.5, 0.6) is 23.0 Å². The van der Waals surface area contributed by atoms with Crippen molar-refractivity contribution in [2.75, 3.05) is 7.11 Å². The van der Waals surface area contributed by atoms with Gasteiger partial charge in [-0.1, -0.05) is 32.9 Å². The molecule has 2 aromatic carbocycles. The fourth-order valence-corrected chi connectivity index (χ4v) is 3.04. The summed E-state index contributed by atoms with van der Waals surface area (Å²) in [6.45, 7) is 7.77. The van der Waals surface area contributed by atoms with Gasteiger partial charge in [0.15, 0.2) is 23.0 Å². The third-order valence-corrected chi connectivity index (χ3v) is 4.74. The molecule has 0 aliphatic rings. The summed E-state index contributed by atoms with van der Waals surface area (Å²) in [5.74, 6) is 0.751. The summed E-state index contributed by atoms with van der Waals surface area (Å²) in [4.78, 5) is 11.3. The standard InChI is InChI=1S/C21H26O5/c1-12(2)13(3)21(15-6-8-17(23)18(24)10-15)16-7-9-19(26-14(4)22)20(11-16)25-5/h6-13,21,23-24H,1-5H3. The second-order valence-corrected chi connectivity index (χ2v) is 6.83. The zero-order valence-electron chi connectivity index (χ0n) is 15.8. The molecule has 2 rings (SSSR count). The first-order valence-corrected chi connectivity index (χ1v) is 8.62. The Balaban J connectivity index is 2.54. The number of carbonyl (C=O) groups excluding carboxylic acids is 1. The molecular weight excluding hydrogens is 332 g/mol. The molecule has 26 heavy (non-hydrogen) atoms. The Kier molecular flexibility index (Phi) is 6.14. The van der Waals surface area contributed by atoms with E-state index < -0.39 is 5.97 Å². The largest absolute Gasteiger partial charge is 0.504 e. The Labute approximate surface area is 154 Å². The first kappa shape index (κ1) is 19.6. The van der Waals surface area contributed by atoms with E-state index in [4.69, 9.17) is 9.47 Å². The molecule has 5 heteroatoms. The van der Waals surface area contributed by atoms with Gasteiger partial charge in [-0.2, -0.15) is 0 Å². The van der Waals surface area contributed by atoms with Crippen molar-refractivity contribution >= 4 is 5.97 Å². The predicted molar refractivity (Wildman–Crippen MR) is 99.9 cm³/mol. The van der Waals surface area contributed by atoms with E-state index in [0.717, 1.165) is 11.1 Å². The van der Waals surface area contributed by atoms with E-state index in [1.54, 1.807) is 12.1 Å². The number of rotatable bonds is 6. The summed E-state index contributed by atoms with van der Waals surface area (Å²) in [7, 11) is 1.53. The summed E-state index contributed by atoms with van der Waals surface area (Å²) >= 11 is 0. The lowest BCUT2D eigenvalue weighted by Crippen LogP contribution is -2.17. The molecule has 0 radical (unpaired) electrons. The van der Waals surface area contributed by atoms with Gasteiger partial charge in [0, 0.05) is 12.8 Å². The average Bonchev–Trinajstić information content (AvgIpc) is 2.58. The van der Waals surface area contributed by atoms with Gasteiger partial charge in [0.05, 0.1) is 7.11 Å². The maximum atomic E-state index is 11.3. The van der Waals surface area contributed by atoms with Crippen LogP contribution in [-0.2, 0) is 4.79 Å². The zero-order chi connectivity index (χ0) is 19.4. The van der Waals surface area contributed by atoms with Crippen LogP contribution in [0.1, 0.15) is 44.7 Å². The van der Waals surface area contributed by atoms with Crippen molar-refractivity contribution < 1.29 is 24.5 Å². The van der Waals surface area contributed by atoms with Gasteiger partial charge in [-0.25, -0.2) is 0 Å². The van der Waals surface area contributed by atoms with Gasteiger partial charge < -0.3 is 19.7 Å². The van der Waals surface area contributed by atoms with E-state index >= 15 is 0 Å². The van der Waals surface area contributed by atoms with Crippen molar-refractivity contribution in [3.8, 4) is 23.0 Å². The molecule has 0 amide bonds. The Morgan fingerprint density at radius 2 is 1.54 bits per heavy atom. The maximum absolute atomic E-state index is 11.3. The monoisotopic (exact) mass is 358 g/mol. The second-order valence-electron chi connectivity index (χ2n) is 6.83. The molecule has 0 spiro atoms. The van der Waals surface area contributed by atoms with Gasteiger partial charge in [-0.05, 0) is 47.2 Å². The van der Waals surface area contributed by atoms with Crippen LogP contribution in [0.3, 0.4) is 0 Å². The van der Waals surface area contributed by atoms with Crippen molar-refractivity contribution in [3.63, 3.8) is 0 Å². The van der Waals surface area contributed by atoms with E-state index in [-0.39, 0.29) is 23.3 Å². The number of methoxy groups -OCH3 is 1. The molecule has 0 fully saturated rings. The molecule has 0 saturated carbocycles. The van der Waals surface area contributed by atoms with Crippen LogP contribution in [0.15, 0.2) is 36.4 Å². The van der Waals surface area contributed by atoms with E-state index in [1.165, 1.54) is 20.1 Å². The van der Waals surface area contributed by atoms with Crippen molar-refractivity contribution in [2.24, 2.45) is 11.8 Å². The van der Waals surface area contributed by atoms with Crippen molar-refractivity contribution in [1.29, 1.82) is 0 Å². The van der Waals surface area contributed by atoms with E-state index in [2.05, 4.69) is 20.8 Å². The molecule has 0 saturated heterocycles. The molecule has 5 nitrogen and oxygen atoms in total. The van der Waals surface area contributed by atoms with E-state index in [0.29, 0.717) is 17.4 Å². The minimum atomic E-state index is -0.411. The van der Waals surface area contributed by atoms with Crippen molar-refractivity contribution in [1.82, 2.24) is 0 Å². The molecule has 2 atom stereocenters. The molecule has 0 bridgehead atoms. The summed E-state index contributed by atoms with van der Waals surface area (Å²) in [5.41, 5.74) is 1.87. The third kappa shape index (κ3) is 4.28. The number of hydrogen-bond acceptors (Lipinski definition) is 5. The van der Waals surface area contributed by atoms with E-state index in [1.807, 2.05) is 18.2 Å². The van der Waals surface area contributed by atoms with Crippen LogP contribution < -0.4 is 9.47 Å². The van der Waals surface area contributed by atoms with Crippen LogP contribution in [0.25, 0.3) is 0 Å². The van der Waals surface area contributed by atoms with Gasteiger partial charge in [0.1, 0.15) is 0 Å². The Bertz CT molecular complexity index is 782. The molecule has 2 N–H and O–H groups in total. The van der Waals surface area contributed by atoms with Crippen LogP contribution >= 0.6 is 0 Å². The first-order valence-electron chi connectivity index (χ1n) is 8.62. The van der Waals surface area contributed by atoms with Gasteiger partial charge in [-0.15, -0.1) is 0 Å². The van der Waals surface area contributed by atoms with Crippen molar-refractivity contribution in [3.05, 3.63) is 47.5 Å². The Hall–Kier alpha value is -2.69. The maximum Gasteiger partial charge on any atom is 0.308 e. The quantitative estimate of drug-likeness (QED) is 0.453. The number of phenolic OH excluding ortho intramolecular Hbond substituents is 2. The molecule has 0 aliphatic heterocycles. The number of ether oxygens (including phenoxy) is 2. The van der Waals surface area contributed by atoms with Gasteiger partial charge in [0.2, 0.25) is 0 Å². The summed E-state index contributed by atoms with van der Waals surface area (Å²) < 4.78 is 10.6. The van der Waals surface area contributed by atoms with Crippen LogP contribution in [-0.4, -0.2) is 23.3 Å². The third-order valence-electron chi connectivity index (χ3n) is 4.74. The summed E-state index contributed by atoms with van der Waals surface area (Å²) in [5, 5.41) is 19.6. The number of aromatic hydroxyl groups is 2. The molecule has 0 aliphatic carbocycles. The predicted octanol–water partition coefficient (Wildman–Crippen LogP) is 4.46. The molecule has 0 aromatic heterocycles. The number of esters is 1. The molecular formula is C21H26O5. The highest BCUT2D eigenvalue weighted by Crippen LogP contribution is 2.41. The number of hydrogen-bond donors (Lipinski definition) is 2. The zero-order valence-corrected chi connectivity index (χ0v) is 15.8. The highest BCUT2D eigenvalue weighted by atomic mass is 16.6. The van der Waals surface area contributed by atoms with Crippen molar-refractivity contribution in [2.45, 2.75) is 33.6 Å². The Morgan fingerprint density at radius 1 is 0.923 bits per heavy atom. The Morgan fingerprint density at radius 3 is 2.08 bits per heavy atom. The molecule has 0 heterocycles. The lowest BCUT2D eigenvalue weighted by Gasteiger charge is -2.28. The average molecular weight is 358 g/mol. The number of carbonyl (C=O) groups is 1. The first-order chi connectivity index (χ1) is 12.2. The van der Waals surface area contributed by atoms with E-state index in [9.17, 15) is 15.0 Å². The fraction of sp³-hybridized carbons (Fsp3) is 0.381. The van der Waals surface area contributed by atoms with Gasteiger partial charge in [0.25, 0.3) is 0 Å². The molecule has 2 aromatic rings. The second kappa shape index (κ2) is 8.13. The molecule has 2 unspecified atom stereocenters. The van der Waals surface area contributed by atoms with Crippen LogP contribution in [0, 0.1) is 11.8 Å². The lowest BCUT2D eigenvalue weighted by molar-refractivity contribution is -0.132. The lowest BCUT2D eigenvalue weighted by atomic mass is 9.76. The summed E-state index contributed by atoms with van der Waals surface area (Å²) in [6.07, 6.45) is 0. The fourth-order valence-electron chi connectivity index (χ4n) is 3.04. The normalized spacial score (nSPS) is 13.3. The minimum Gasteiger partial charge on any atom is -0.504 e. The highest BCUT2D eigenvalue weighted by Gasteiger charge is 2.26.